The Hall–Kier alpha value is -2.24. The van der Waals surface area contributed by atoms with E-state index in [2.05, 4.69) is 35.3 Å². The minimum absolute atomic E-state index is 0.0785. The highest BCUT2D eigenvalue weighted by molar-refractivity contribution is 7.18. The van der Waals surface area contributed by atoms with Crippen molar-refractivity contribution in [3.05, 3.63) is 65.2 Å². The van der Waals surface area contributed by atoms with Crippen LogP contribution in [0.2, 0.25) is 0 Å². The first kappa shape index (κ1) is 20.0. The lowest BCUT2D eigenvalue weighted by atomic mass is 9.78. The number of para-hydroxylation sites is 1. The molecule has 1 aliphatic rings. The van der Waals surface area contributed by atoms with Gasteiger partial charge in [-0.05, 0) is 44.0 Å². The summed E-state index contributed by atoms with van der Waals surface area (Å²) in [5, 5.41) is 4.22. The van der Waals surface area contributed by atoms with Crippen LogP contribution in [-0.4, -0.2) is 41.5 Å². The van der Waals surface area contributed by atoms with E-state index in [0.717, 1.165) is 35.2 Å². The number of nitrogens with one attached hydrogen (secondary N) is 1. The van der Waals surface area contributed by atoms with E-state index in [0.29, 0.717) is 13.0 Å². The van der Waals surface area contributed by atoms with Crippen LogP contribution >= 0.6 is 11.3 Å². The van der Waals surface area contributed by atoms with E-state index in [9.17, 15) is 4.79 Å². The predicted molar refractivity (Wildman–Crippen MR) is 120 cm³/mol. The molecule has 1 fully saturated rings. The maximum absolute atomic E-state index is 13.4. The topological polar surface area (TPSA) is 45.2 Å². The standard InChI is InChI=1S/C24H29N3OS/c1-3-27(19-13-14-19)16-15-25-23(28)24(2,18-9-5-4-6-10-18)17-22-26-20-11-7-8-12-21(20)29-22/h4-12,19H,3,13-17H2,1-2H3,(H,25,28). The van der Waals surface area contributed by atoms with Crippen molar-refractivity contribution in [1.29, 1.82) is 0 Å². The molecule has 29 heavy (non-hydrogen) atoms. The molecular formula is C24H29N3OS. The van der Waals surface area contributed by atoms with Crippen molar-refractivity contribution in [2.24, 2.45) is 0 Å². The molecule has 3 aromatic rings. The van der Waals surface area contributed by atoms with Crippen LogP contribution in [0.1, 0.15) is 37.3 Å². The molecule has 0 spiro atoms. The number of hydrogen-bond donors (Lipinski definition) is 1. The van der Waals surface area contributed by atoms with Gasteiger partial charge in [0.05, 0.1) is 20.6 Å². The van der Waals surface area contributed by atoms with Gasteiger partial charge >= 0.3 is 0 Å². The molecule has 1 aromatic heterocycles. The van der Waals surface area contributed by atoms with Crippen molar-refractivity contribution in [1.82, 2.24) is 15.2 Å². The number of amides is 1. The van der Waals surface area contributed by atoms with Crippen LogP contribution in [-0.2, 0) is 16.6 Å². The maximum Gasteiger partial charge on any atom is 0.230 e. The van der Waals surface area contributed by atoms with E-state index >= 15 is 0 Å². The molecule has 1 unspecified atom stereocenters. The van der Waals surface area contributed by atoms with Crippen molar-refractivity contribution in [3.63, 3.8) is 0 Å². The summed E-state index contributed by atoms with van der Waals surface area (Å²) >= 11 is 1.68. The van der Waals surface area contributed by atoms with Gasteiger partial charge in [0.15, 0.2) is 0 Å². The second kappa shape index (κ2) is 8.64. The van der Waals surface area contributed by atoms with Gasteiger partial charge in [-0.2, -0.15) is 0 Å². The molecule has 1 saturated carbocycles. The number of rotatable bonds is 9. The zero-order valence-corrected chi connectivity index (χ0v) is 18.0. The smallest absolute Gasteiger partial charge is 0.230 e. The Morgan fingerprint density at radius 1 is 1.17 bits per heavy atom. The molecule has 5 heteroatoms. The molecule has 0 saturated heterocycles. The minimum Gasteiger partial charge on any atom is -0.354 e. The monoisotopic (exact) mass is 407 g/mol. The van der Waals surface area contributed by atoms with Gasteiger partial charge in [0, 0.05) is 25.6 Å². The summed E-state index contributed by atoms with van der Waals surface area (Å²) in [5.41, 5.74) is 1.39. The van der Waals surface area contributed by atoms with E-state index in [1.165, 1.54) is 17.5 Å². The molecule has 0 aliphatic heterocycles. The molecule has 4 nitrogen and oxygen atoms in total. The molecule has 1 amide bonds. The van der Waals surface area contributed by atoms with Crippen molar-refractivity contribution < 1.29 is 4.79 Å². The first-order valence-corrected chi connectivity index (χ1v) is 11.3. The minimum atomic E-state index is -0.647. The third-order valence-electron chi connectivity index (χ3n) is 5.91. The molecule has 1 atom stereocenters. The molecule has 0 bridgehead atoms. The van der Waals surface area contributed by atoms with Crippen molar-refractivity contribution in [2.75, 3.05) is 19.6 Å². The maximum atomic E-state index is 13.4. The van der Waals surface area contributed by atoms with Gasteiger partial charge in [-0.3, -0.25) is 9.69 Å². The SMILES string of the molecule is CCN(CCNC(=O)C(C)(Cc1nc2ccccc2s1)c1ccccc1)C1CC1. The Kier molecular flexibility index (Phi) is 5.97. The lowest BCUT2D eigenvalue weighted by molar-refractivity contribution is -0.126. The van der Waals surface area contributed by atoms with E-state index in [1.807, 2.05) is 43.3 Å². The fourth-order valence-electron chi connectivity index (χ4n) is 3.96. The number of aromatic nitrogens is 1. The predicted octanol–water partition coefficient (Wildman–Crippen LogP) is 4.40. The number of fused-ring (bicyclic) bond motifs is 1. The summed E-state index contributed by atoms with van der Waals surface area (Å²) in [6.07, 6.45) is 3.19. The molecule has 152 valence electrons. The second-order valence-corrected chi connectivity index (χ2v) is 9.18. The van der Waals surface area contributed by atoms with Crippen molar-refractivity contribution in [3.8, 4) is 0 Å². The highest BCUT2D eigenvalue weighted by Crippen LogP contribution is 2.32. The summed E-state index contributed by atoms with van der Waals surface area (Å²) in [5.74, 6) is 0.0785. The number of carbonyl (C=O) groups excluding carboxylic acids is 1. The number of carbonyl (C=O) groups is 1. The van der Waals surface area contributed by atoms with Gasteiger partial charge < -0.3 is 5.32 Å². The Balaban J connectivity index is 1.52. The molecule has 0 radical (unpaired) electrons. The lowest BCUT2D eigenvalue weighted by Crippen LogP contribution is -2.46. The highest BCUT2D eigenvalue weighted by Gasteiger charge is 2.36. The highest BCUT2D eigenvalue weighted by atomic mass is 32.1. The Morgan fingerprint density at radius 2 is 1.90 bits per heavy atom. The third-order valence-corrected chi connectivity index (χ3v) is 6.95. The van der Waals surface area contributed by atoms with Gasteiger partial charge in [-0.15, -0.1) is 11.3 Å². The average Bonchev–Trinajstić information content (AvgIpc) is 3.50. The lowest BCUT2D eigenvalue weighted by Gasteiger charge is -2.29. The van der Waals surface area contributed by atoms with Gasteiger partial charge in [-0.25, -0.2) is 4.98 Å². The number of hydrogen-bond acceptors (Lipinski definition) is 4. The van der Waals surface area contributed by atoms with Crippen LogP contribution in [0.15, 0.2) is 54.6 Å². The van der Waals surface area contributed by atoms with Crippen LogP contribution in [0.3, 0.4) is 0 Å². The van der Waals surface area contributed by atoms with Crippen molar-refractivity contribution >= 4 is 27.5 Å². The largest absolute Gasteiger partial charge is 0.354 e. The van der Waals surface area contributed by atoms with Gasteiger partial charge in [0.2, 0.25) is 5.91 Å². The normalized spacial score (nSPS) is 16.1. The van der Waals surface area contributed by atoms with Crippen LogP contribution in [0.25, 0.3) is 10.2 Å². The quantitative estimate of drug-likeness (QED) is 0.572. The van der Waals surface area contributed by atoms with Gasteiger partial charge in [-0.1, -0.05) is 49.4 Å². The van der Waals surface area contributed by atoms with Crippen LogP contribution < -0.4 is 5.32 Å². The molecular weight excluding hydrogens is 378 g/mol. The first-order valence-electron chi connectivity index (χ1n) is 10.5. The van der Waals surface area contributed by atoms with Crippen molar-refractivity contribution in [2.45, 2.75) is 44.6 Å². The van der Waals surface area contributed by atoms with E-state index in [4.69, 9.17) is 4.98 Å². The second-order valence-electron chi connectivity index (χ2n) is 8.07. The van der Waals surface area contributed by atoms with E-state index in [1.54, 1.807) is 11.3 Å². The third kappa shape index (κ3) is 4.51. The fraction of sp³-hybridized carbons (Fsp3) is 0.417. The summed E-state index contributed by atoms with van der Waals surface area (Å²) in [7, 11) is 0. The number of thiazole rings is 1. The van der Waals surface area contributed by atoms with Gasteiger partial charge in [0.25, 0.3) is 0 Å². The summed E-state index contributed by atoms with van der Waals surface area (Å²) in [6.45, 7) is 6.89. The van der Waals surface area contributed by atoms with Gasteiger partial charge in [0.1, 0.15) is 0 Å². The molecule has 1 aliphatic carbocycles. The van der Waals surface area contributed by atoms with Crippen LogP contribution in [0.4, 0.5) is 0 Å². The Bertz CT molecular complexity index is 933. The summed E-state index contributed by atoms with van der Waals surface area (Å²) < 4.78 is 1.17. The zero-order chi connectivity index (χ0) is 20.3. The molecule has 4 rings (SSSR count). The van der Waals surface area contributed by atoms with E-state index in [-0.39, 0.29) is 5.91 Å². The summed E-state index contributed by atoms with van der Waals surface area (Å²) in [4.78, 5) is 20.6. The molecule has 1 N–H and O–H groups in total. The summed E-state index contributed by atoms with van der Waals surface area (Å²) in [6, 6.07) is 19.0. The zero-order valence-electron chi connectivity index (χ0n) is 17.2. The van der Waals surface area contributed by atoms with Crippen LogP contribution in [0.5, 0.6) is 0 Å². The number of nitrogens with zero attached hydrogens (tertiary/aromatic N) is 2. The number of likely N-dealkylation sites (N-methyl/N-ethyl adjacent to an activating group) is 1. The first-order chi connectivity index (χ1) is 14.1. The fourth-order valence-corrected chi connectivity index (χ4v) is 5.09. The van der Waals surface area contributed by atoms with E-state index < -0.39 is 5.41 Å². The number of benzene rings is 2. The Labute approximate surface area is 177 Å². The average molecular weight is 408 g/mol. The van der Waals surface area contributed by atoms with Crippen LogP contribution in [0, 0.1) is 0 Å². The molecule has 2 aromatic carbocycles. The molecule has 1 heterocycles. The Morgan fingerprint density at radius 3 is 2.59 bits per heavy atom.